The fraction of sp³-hybridized carbons (Fsp3) is 0.417. The summed E-state index contributed by atoms with van der Waals surface area (Å²) in [6.45, 7) is 3.20. The van der Waals surface area contributed by atoms with Crippen LogP contribution in [0.15, 0.2) is 18.2 Å². The van der Waals surface area contributed by atoms with Gasteiger partial charge in [-0.2, -0.15) is 0 Å². The summed E-state index contributed by atoms with van der Waals surface area (Å²) in [7, 11) is 0. The number of nitrogens with two attached hydrogens (primary N) is 1. The van der Waals surface area contributed by atoms with Crippen molar-refractivity contribution in [1.82, 2.24) is 20.2 Å². The summed E-state index contributed by atoms with van der Waals surface area (Å²) in [4.78, 5) is 0. The van der Waals surface area contributed by atoms with E-state index in [0.29, 0.717) is 30.3 Å². The highest BCUT2D eigenvalue weighted by atomic mass is 19.1. The molecule has 0 bridgehead atoms. The number of nitrogen functional groups attached to an aromatic ring is 1. The van der Waals surface area contributed by atoms with Gasteiger partial charge in [-0.1, -0.05) is 0 Å². The maximum Gasteiger partial charge on any atom is 0.184 e. The van der Waals surface area contributed by atoms with Crippen LogP contribution in [-0.4, -0.2) is 33.4 Å². The van der Waals surface area contributed by atoms with E-state index in [0.717, 1.165) is 6.42 Å². The summed E-state index contributed by atoms with van der Waals surface area (Å²) >= 11 is 0. The average molecular weight is 263 g/mol. The second kappa shape index (κ2) is 4.27. The Morgan fingerprint density at radius 2 is 2.32 bits per heavy atom. The minimum atomic E-state index is -0.369. The third-order valence-electron chi connectivity index (χ3n) is 3.44. The van der Waals surface area contributed by atoms with Gasteiger partial charge in [0.25, 0.3) is 0 Å². The van der Waals surface area contributed by atoms with Crippen LogP contribution in [0.5, 0.6) is 0 Å². The molecular formula is C12H14FN5O. The van der Waals surface area contributed by atoms with Gasteiger partial charge in [-0.05, 0) is 42.0 Å². The van der Waals surface area contributed by atoms with Crippen molar-refractivity contribution in [2.45, 2.75) is 18.9 Å². The van der Waals surface area contributed by atoms with E-state index in [4.69, 9.17) is 10.5 Å². The molecule has 2 aromatic rings. The zero-order chi connectivity index (χ0) is 13.5. The van der Waals surface area contributed by atoms with E-state index in [-0.39, 0.29) is 11.4 Å². The molecule has 1 unspecified atom stereocenters. The highest BCUT2D eigenvalue weighted by Gasteiger charge is 2.35. The zero-order valence-electron chi connectivity index (χ0n) is 10.5. The number of aromatic nitrogens is 4. The Morgan fingerprint density at radius 3 is 3.05 bits per heavy atom. The largest absolute Gasteiger partial charge is 0.398 e. The molecule has 0 aliphatic carbocycles. The maximum atomic E-state index is 13.4. The molecule has 0 saturated carbocycles. The molecule has 100 valence electrons. The zero-order valence-corrected chi connectivity index (χ0v) is 10.5. The summed E-state index contributed by atoms with van der Waals surface area (Å²) < 4.78 is 20.5. The van der Waals surface area contributed by atoms with Crippen molar-refractivity contribution < 1.29 is 9.13 Å². The van der Waals surface area contributed by atoms with Gasteiger partial charge in [-0.25, -0.2) is 9.07 Å². The lowest BCUT2D eigenvalue weighted by Gasteiger charge is -2.23. The van der Waals surface area contributed by atoms with E-state index in [1.165, 1.54) is 18.2 Å². The van der Waals surface area contributed by atoms with Crippen molar-refractivity contribution in [3.8, 4) is 11.4 Å². The summed E-state index contributed by atoms with van der Waals surface area (Å²) in [5.41, 5.74) is 6.51. The first kappa shape index (κ1) is 12.0. The fourth-order valence-corrected chi connectivity index (χ4v) is 2.26. The Labute approximate surface area is 109 Å². The molecule has 1 fully saturated rings. The molecule has 6 nitrogen and oxygen atoms in total. The molecule has 1 atom stereocenters. The van der Waals surface area contributed by atoms with Gasteiger partial charge in [-0.15, -0.1) is 5.10 Å². The summed E-state index contributed by atoms with van der Waals surface area (Å²) in [5, 5.41) is 11.7. The molecule has 1 aliphatic rings. The fourth-order valence-electron chi connectivity index (χ4n) is 2.26. The molecule has 0 radical (unpaired) electrons. The predicted octanol–water partition coefficient (Wildman–Crippen LogP) is 1.20. The molecule has 1 saturated heterocycles. The van der Waals surface area contributed by atoms with Gasteiger partial charge < -0.3 is 10.5 Å². The minimum absolute atomic E-state index is 0.322. The van der Waals surface area contributed by atoms with Gasteiger partial charge in [0.1, 0.15) is 5.82 Å². The van der Waals surface area contributed by atoms with Crippen LogP contribution in [0.1, 0.15) is 13.3 Å². The first-order valence-corrected chi connectivity index (χ1v) is 6.02. The smallest absolute Gasteiger partial charge is 0.184 e. The average Bonchev–Trinajstić information content (AvgIpc) is 3.01. The SMILES string of the molecule is CC1(n2nnnc2-c2cc(F)ccc2N)CCOC1. The standard InChI is InChI=1S/C12H14FN5O/c1-12(4-5-19-7-12)18-11(15-16-17-18)9-6-8(13)2-3-10(9)14/h2-3,6H,4-5,7,14H2,1H3. The second-order valence-corrected chi connectivity index (χ2v) is 4.95. The molecule has 1 aliphatic heterocycles. The lowest BCUT2D eigenvalue weighted by Crippen LogP contribution is -2.32. The van der Waals surface area contributed by atoms with Crippen molar-refractivity contribution in [3.63, 3.8) is 0 Å². The first-order valence-electron chi connectivity index (χ1n) is 6.02. The molecular weight excluding hydrogens is 249 g/mol. The number of rotatable bonds is 2. The molecule has 0 amide bonds. The van der Waals surface area contributed by atoms with Crippen LogP contribution in [0.3, 0.4) is 0 Å². The number of anilines is 1. The Hall–Kier alpha value is -2.02. The Morgan fingerprint density at radius 1 is 1.47 bits per heavy atom. The summed E-state index contributed by atoms with van der Waals surface area (Å²) in [6, 6.07) is 4.17. The number of tetrazole rings is 1. The highest BCUT2D eigenvalue weighted by Crippen LogP contribution is 2.32. The quantitative estimate of drug-likeness (QED) is 0.823. The number of halogens is 1. The molecule has 3 rings (SSSR count). The molecule has 2 N–H and O–H groups in total. The van der Waals surface area contributed by atoms with Crippen molar-refractivity contribution in [3.05, 3.63) is 24.0 Å². The Kier molecular flexibility index (Phi) is 2.70. The van der Waals surface area contributed by atoms with Crippen molar-refractivity contribution in [2.24, 2.45) is 0 Å². The lowest BCUT2D eigenvalue weighted by molar-refractivity contribution is 0.155. The van der Waals surface area contributed by atoms with E-state index >= 15 is 0 Å². The Bertz CT molecular complexity index is 606. The van der Waals surface area contributed by atoms with Crippen LogP contribution in [-0.2, 0) is 10.3 Å². The molecule has 2 heterocycles. The number of hydrogen-bond acceptors (Lipinski definition) is 5. The number of ether oxygens (including phenoxy) is 1. The van der Waals surface area contributed by atoms with Crippen LogP contribution < -0.4 is 5.73 Å². The molecule has 1 aromatic carbocycles. The normalized spacial score (nSPS) is 22.8. The van der Waals surface area contributed by atoms with E-state index in [1.807, 2.05) is 6.92 Å². The van der Waals surface area contributed by atoms with Gasteiger partial charge in [0.2, 0.25) is 0 Å². The van der Waals surface area contributed by atoms with Crippen molar-refractivity contribution in [1.29, 1.82) is 0 Å². The number of nitrogens with zero attached hydrogens (tertiary/aromatic N) is 4. The summed E-state index contributed by atoms with van der Waals surface area (Å²) in [6.07, 6.45) is 0.806. The minimum Gasteiger partial charge on any atom is -0.398 e. The van der Waals surface area contributed by atoms with E-state index < -0.39 is 0 Å². The van der Waals surface area contributed by atoms with Gasteiger partial charge in [0.15, 0.2) is 5.82 Å². The van der Waals surface area contributed by atoms with Crippen LogP contribution in [0.25, 0.3) is 11.4 Å². The van der Waals surface area contributed by atoms with Crippen molar-refractivity contribution in [2.75, 3.05) is 18.9 Å². The molecule has 19 heavy (non-hydrogen) atoms. The number of hydrogen-bond donors (Lipinski definition) is 1. The first-order chi connectivity index (χ1) is 9.10. The monoisotopic (exact) mass is 263 g/mol. The maximum absolute atomic E-state index is 13.4. The van der Waals surface area contributed by atoms with Crippen LogP contribution in [0.2, 0.25) is 0 Å². The van der Waals surface area contributed by atoms with Crippen LogP contribution in [0.4, 0.5) is 10.1 Å². The molecule has 7 heteroatoms. The third-order valence-corrected chi connectivity index (χ3v) is 3.44. The molecule has 0 spiro atoms. The summed E-state index contributed by atoms with van der Waals surface area (Å²) in [5.74, 6) is 0.0941. The van der Waals surface area contributed by atoms with Gasteiger partial charge in [-0.3, -0.25) is 0 Å². The van der Waals surface area contributed by atoms with E-state index in [1.54, 1.807) is 4.68 Å². The number of benzene rings is 1. The van der Waals surface area contributed by atoms with Gasteiger partial charge >= 0.3 is 0 Å². The van der Waals surface area contributed by atoms with Crippen LogP contribution >= 0.6 is 0 Å². The third kappa shape index (κ3) is 1.95. The van der Waals surface area contributed by atoms with Gasteiger partial charge in [0.05, 0.1) is 12.1 Å². The topological polar surface area (TPSA) is 78.9 Å². The second-order valence-electron chi connectivity index (χ2n) is 4.95. The van der Waals surface area contributed by atoms with Crippen molar-refractivity contribution >= 4 is 5.69 Å². The van der Waals surface area contributed by atoms with E-state index in [9.17, 15) is 4.39 Å². The lowest BCUT2D eigenvalue weighted by atomic mass is 10.0. The highest BCUT2D eigenvalue weighted by molar-refractivity contribution is 5.71. The predicted molar refractivity (Wildman–Crippen MR) is 66.7 cm³/mol. The van der Waals surface area contributed by atoms with Crippen LogP contribution in [0, 0.1) is 5.82 Å². The Balaban J connectivity index is 2.12. The molecule has 1 aromatic heterocycles. The van der Waals surface area contributed by atoms with Gasteiger partial charge in [0, 0.05) is 17.9 Å². The van der Waals surface area contributed by atoms with E-state index in [2.05, 4.69) is 15.5 Å².